The summed E-state index contributed by atoms with van der Waals surface area (Å²) in [5, 5.41) is 20.1. The van der Waals surface area contributed by atoms with Crippen molar-refractivity contribution in [3.05, 3.63) is 158 Å². The number of benzene rings is 4. The average Bonchev–Trinajstić information content (AvgIpc) is 1.76. The maximum absolute atomic E-state index is 14.8. The number of pyridine rings is 2. The van der Waals surface area contributed by atoms with Gasteiger partial charge in [0.25, 0.3) is 11.8 Å². The van der Waals surface area contributed by atoms with Crippen molar-refractivity contribution >= 4 is 63.6 Å². The molecule has 5 heterocycles. The van der Waals surface area contributed by atoms with E-state index in [2.05, 4.69) is 47.2 Å². The van der Waals surface area contributed by atoms with Crippen molar-refractivity contribution in [2.75, 3.05) is 31.0 Å². The highest BCUT2D eigenvalue weighted by Crippen LogP contribution is 2.44. The van der Waals surface area contributed by atoms with E-state index in [1.54, 1.807) is 13.8 Å². The highest BCUT2D eigenvalue weighted by Gasteiger charge is 2.53. The molecule has 488 valence electrons. The predicted octanol–water partition coefficient (Wildman–Crippen LogP) is 12.4. The van der Waals surface area contributed by atoms with Crippen molar-refractivity contribution in [1.29, 1.82) is 0 Å². The number of carboxylic acid groups (broad SMARTS) is 1. The number of hydrogen-bond donors (Lipinski definition) is 5. The molecule has 0 unspecified atom stereocenters. The molecule has 4 aromatic carbocycles. The first-order valence-electron chi connectivity index (χ1n) is 28.7. The lowest BCUT2D eigenvalue weighted by atomic mass is 9.75. The van der Waals surface area contributed by atoms with Crippen LogP contribution in [0.4, 0.5) is 55.3 Å². The first-order chi connectivity index (χ1) is 42.6. The largest absolute Gasteiger partial charge is 0.498 e. The maximum atomic E-state index is 14.8. The van der Waals surface area contributed by atoms with E-state index in [1.807, 2.05) is 53.7 Å². The summed E-state index contributed by atoms with van der Waals surface area (Å²) in [6.45, 7) is 15.8. The van der Waals surface area contributed by atoms with Gasteiger partial charge in [0.05, 0.1) is 48.3 Å². The Labute approximate surface area is 526 Å². The molecular weight excluding hydrogens is 1280 g/mol. The van der Waals surface area contributed by atoms with Gasteiger partial charge < -0.3 is 49.9 Å². The molecule has 0 aliphatic carbocycles. The number of ether oxygens (including phenoxy) is 3. The molecule has 0 spiro atoms. The number of aliphatic carboxylic acids is 1. The fraction of sp³-hybridized carbons (Fsp3) is 0.397. The van der Waals surface area contributed by atoms with Crippen molar-refractivity contribution in [2.45, 2.75) is 142 Å². The first kappa shape index (κ1) is 70.5. The molecule has 28 heteroatoms. The van der Waals surface area contributed by atoms with Crippen molar-refractivity contribution in [3.63, 3.8) is 0 Å². The van der Waals surface area contributed by atoms with Gasteiger partial charge in [-0.15, -0.1) is 0 Å². The second-order valence-electron chi connectivity index (χ2n) is 23.0. The molecule has 16 nitrogen and oxygen atoms in total. The summed E-state index contributed by atoms with van der Waals surface area (Å²) in [7, 11) is 0.552. The molecule has 3 aliphatic rings. The SMILES string of the molecule is CC(C)Nc1cc(F)c(C(=O)N[C@@H](Cc2ccc(-c3ncccc3C(F)(F)F)c3c2CCCO3)C(=O)O)c(F)c1.COC(=O)[C@H](Cc1ccc(B2OC(C)(C)C(C)(C)O2)c2c1CCCO2)NC(=O)c1c(F)cc(NC(C)C)cc1F.FC(F)(F)c1cccnc1Br. The van der Waals surface area contributed by atoms with E-state index in [9.17, 15) is 68.2 Å². The number of carbonyl (C=O) groups is 4. The Hall–Kier alpha value is -7.98. The topological polar surface area (TPSA) is 209 Å². The van der Waals surface area contributed by atoms with E-state index in [0.717, 1.165) is 59.4 Å². The molecule has 1 saturated heterocycles. The summed E-state index contributed by atoms with van der Waals surface area (Å²) in [5.41, 5.74) is -1.17. The van der Waals surface area contributed by atoms with Crippen LogP contribution in [0.3, 0.4) is 0 Å². The van der Waals surface area contributed by atoms with E-state index >= 15 is 0 Å². The summed E-state index contributed by atoms with van der Waals surface area (Å²) < 4.78 is 165. The molecule has 2 atom stereocenters. The first-order valence-corrected chi connectivity index (χ1v) is 29.5. The lowest BCUT2D eigenvalue weighted by molar-refractivity contribution is -0.143. The van der Waals surface area contributed by atoms with Gasteiger partial charge in [0.2, 0.25) is 0 Å². The van der Waals surface area contributed by atoms with E-state index < -0.39 is 112 Å². The Bertz CT molecular complexity index is 3610. The third-order valence-electron chi connectivity index (χ3n) is 15.0. The number of nitrogens with one attached hydrogen (secondary N) is 4. The summed E-state index contributed by atoms with van der Waals surface area (Å²) in [6, 6.07) is 11.8. The quantitative estimate of drug-likeness (QED) is 0.0264. The average molecular weight is 1350 g/mol. The second-order valence-corrected chi connectivity index (χ2v) is 23.7. The summed E-state index contributed by atoms with van der Waals surface area (Å²) in [6.07, 6.45) is -4.42. The van der Waals surface area contributed by atoms with Crippen LogP contribution in [0.2, 0.25) is 0 Å². The Morgan fingerprint density at radius 3 is 1.54 bits per heavy atom. The van der Waals surface area contributed by atoms with Gasteiger partial charge in [0.1, 0.15) is 62.6 Å². The minimum Gasteiger partial charge on any atom is -0.494 e. The molecule has 2 aromatic heterocycles. The highest BCUT2D eigenvalue weighted by molar-refractivity contribution is 9.10. The van der Waals surface area contributed by atoms with Crippen LogP contribution < -0.4 is 36.2 Å². The molecule has 5 N–H and O–H groups in total. The predicted molar refractivity (Wildman–Crippen MR) is 321 cm³/mol. The molecule has 3 aliphatic heterocycles. The number of aromatic nitrogens is 2. The third kappa shape index (κ3) is 17.1. The molecule has 1 fully saturated rings. The van der Waals surface area contributed by atoms with Crippen LogP contribution in [-0.2, 0) is 61.7 Å². The van der Waals surface area contributed by atoms with E-state index in [0.29, 0.717) is 42.7 Å². The van der Waals surface area contributed by atoms with Gasteiger partial charge in [-0.3, -0.25) is 14.6 Å². The van der Waals surface area contributed by atoms with Crippen LogP contribution in [0.15, 0.2) is 89.8 Å². The minimum atomic E-state index is -4.67. The summed E-state index contributed by atoms with van der Waals surface area (Å²) in [4.78, 5) is 57.9. The normalized spacial score (nSPS) is 15.4. The number of rotatable bonds is 16. The lowest BCUT2D eigenvalue weighted by Gasteiger charge is -2.32. The van der Waals surface area contributed by atoms with Crippen molar-refractivity contribution in [1.82, 2.24) is 20.6 Å². The molecular formula is C63H66BBrF10N6O10. The zero-order valence-electron chi connectivity index (χ0n) is 50.8. The molecule has 0 bridgehead atoms. The van der Waals surface area contributed by atoms with Crippen molar-refractivity contribution < 1.29 is 91.7 Å². The molecule has 2 amide bonds. The monoisotopic (exact) mass is 1350 g/mol. The van der Waals surface area contributed by atoms with Gasteiger partial charge in [-0.25, -0.2) is 32.1 Å². The molecule has 0 saturated carbocycles. The zero-order valence-corrected chi connectivity index (χ0v) is 52.4. The minimum absolute atomic E-state index is 0.0317. The number of carbonyl (C=O) groups excluding carboxylic acids is 3. The van der Waals surface area contributed by atoms with Gasteiger partial charge in [-0.2, -0.15) is 26.3 Å². The Balaban J connectivity index is 0.000000221. The highest BCUT2D eigenvalue weighted by atomic mass is 79.9. The summed E-state index contributed by atoms with van der Waals surface area (Å²) >= 11 is 2.70. The number of amides is 2. The Morgan fingerprint density at radius 1 is 0.648 bits per heavy atom. The number of carboxylic acids is 1. The second kappa shape index (κ2) is 29.1. The van der Waals surface area contributed by atoms with Crippen LogP contribution in [0.5, 0.6) is 11.5 Å². The van der Waals surface area contributed by atoms with E-state index in [4.69, 9.17) is 23.5 Å². The lowest BCUT2D eigenvalue weighted by Crippen LogP contribution is -2.44. The van der Waals surface area contributed by atoms with Gasteiger partial charge in [0.15, 0.2) is 0 Å². The van der Waals surface area contributed by atoms with Gasteiger partial charge in [0, 0.05) is 59.7 Å². The smallest absolute Gasteiger partial charge is 0.494 e. The molecule has 6 aromatic rings. The van der Waals surface area contributed by atoms with E-state index in [1.165, 1.54) is 43.8 Å². The fourth-order valence-corrected chi connectivity index (χ4v) is 10.6. The van der Waals surface area contributed by atoms with E-state index in [-0.39, 0.29) is 64.5 Å². The number of halogens is 11. The van der Waals surface area contributed by atoms with Crippen molar-refractivity contribution in [2.24, 2.45) is 0 Å². The number of methoxy groups -OCH3 is 1. The number of hydrogen-bond acceptors (Lipinski definition) is 13. The van der Waals surface area contributed by atoms with Crippen LogP contribution in [0.1, 0.15) is 122 Å². The maximum Gasteiger partial charge on any atom is 0.498 e. The summed E-state index contributed by atoms with van der Waals surface area (Å²) in [5.74, 6) is -8.17. The van der Waals surface area contributed by atoms with Crippen LogP contribution in [0, 0.1) is 23.3 Å². The Morgan fingerprint density at radius 2 is 1.09 bits per heavy atom. The number of anilines is 2. The number of alkyl halides is 6. The van der Waals surface area contributed by atoms with Gasteiger partial charge >= 0.3 is 31.4 Å². The van der Waals surface area contributed by atoms with Crippen LogP contribution >= 0.6 is 15.9 Å². The van der Waals surface area contributed by atoms with Gasteiger partial charge in [-0.1, -0.05) is 18.2 Å². The standard InChI is InChI=1S/C29H37BF2N2O6.C28H26F5N3O4.C6H3BrF3N/c1-16(2)33-18-14-21(31)24(22(32)15-18)26(35)34-23(27(36)37-7)13-17-10-11-20(25-19(17)9-8-12-38-25)30-39-28(3,4)29(5,6)40-30;1-14(2)35-16-12-20(29)23(21(30)13-16)26(37)36-22(27(38)39)11-15-7-8-18(25-17(15)5-4-10-40-25)24-19(28(31,32)33)6-3-9-34-24;7-5-4(6(8,9)10)2-1-3-11-5/h10-11,14-16,23,33H,8-9,12-13H2,1-7H3,(H,34,35);3,6-9,12-14,22,35H,4-5,10-11H2,1-2H3,(H,36,37)(H,38,39);1-3H/t23-;22-;/m00./s1. The third-order valence-corrected chi connectivity index (χ3v) is 15.6. The van der Waals surface area contributed by atoms with Crippen LogP contribution in [0.25, 0.3) is 11.3 Å². The zero-order chi connectivity index (χ0) is 67.1. The van der Waals surface area contributed by atoms with Gasteiger partial charge in [-0.05, 0) is 174 Å². The Kier molecular flexibility index (Phi) is 22.5. The molecule has 9 rings (SSSR count). The number of fused-ring (bicyclic) bond motifs is 2. The molecule has 0 radical (unpaired) electrons. The molecule has 91 heavy (non-hydrogen) atoms. The number of esters is 1. The fourth-order valence-electron chi connectivity index (χ4n) is 10.1. The van der Waals surface area contributed by atoms with Crippen LogP contribution in [-0.4, -0.2) is 102 Å². The van der Waals surface area contributed by atoms with Crippen molar-refractivity contribution in [3.8, 4) is 22.8 Å². The number of nitrogens with zero attached hydrogens (tertiary/aromatic N) is 2.